The van der Waals surface area contributed by atoms with E-state index in [9.17, 15) is 29.0 Å². The van der Waals surface area contributed by atoms with Crippen molar-refractivity contribution in [2.24, 2.45) is 5.41 Å². The number of unbranched alkanes of at least 4 members (excludes halogenated alkanes) is 2. The lowest BCUT2D eigenvalue weighted by atomic mass is 9.82. The smallest absolute Gasteiger partial charge is 0.290 e. The molecule has 0 bridgehead atoms. The number of nitrogens with zero attached hydrogens (tertiary/aromatic N) is 1. The monoisotopic (exact) mass is 390 g/mol. The van der Waals surface area contributed by atoms with Crippen molar-refractivity contribution in [1.29, 1.82) is 0 Å². The molecule has 1 N–H and O–H groups in total. The predicted molar refractivity (Wildman–Crippen MR) is 98.4 cm³/mol. The zero-order valence-corrected chi connectivity index (χ0v) is 16.3. The van der Waals surface area contributed by atoms with Crippen LogP contribution < -0.4 is 5.11 Å². The van der Waals surface area contributed by atoms with Gasteiger partial charge < -0.3 is 19.9 Å². The normalized spacial score (nSPS) is 17.4. The fraction of sp³-hybridized carbons (Fsp3) is 0.476. The summed E-state index contributed by atoms with van der Waals surface area (Å²) in [6.45, 7) is 5.33. The van der Waals surface area contributed by atoms with Crippen molar-refractivity contribution in [3.63, 3.8) is 0 Å². The molecule has 1 heterocycles. The van der Waals surface area contributed by atoms with Gasteiger partial charge in [-0.15, -0.1) is 0 Å². The van der Waals surface area contributed by atoms with Crippen molar-refractivity contribution >= 4 is 17.7 Å². The second-order valence-corrected chi connectivity index (χ2v) is 7.98. The number of carbonyl (C=O) groups excluding carboxylic acids is 3. The SMILES string of the molecule is CC(C)(C)C(=O)C1=C(O)C(=O)N(CCCCCC(=O)[O-])[C@@H]1c1ccc(F)cc1. The summed E-state index contributed by atoms with van der Waals surface area (Å²) in [7, 11) is 0. The minimum Gasteiger partial charge on any atom is -0.550 e. The van der Waals surface area contributed by atoms with E-state index in [1.165, 1.54) is 29.2 Å². The van der Waals surface area contributed by atoms with Crippen LogP contribution in [0.1, 0.15) is 58.1 Å². The highest BCUT2D eigenvalue weighted by atomic mass is 19.1. The number of rotatable bonds is 8. The quantitative estimate of drug-likeness (QED) is 0.688. The van der Waals surface area contributed by atoms with Crippen LogP contribution in [0, 0.1) is 11.2 Å². The molecule has 1 amide bonds. The molecular formula is C21H25FNO5-. The number of Topliss-reactive ketones (excluding diaryl/α,β-unsaturated/α-hetero) is 1. The molecule has 0 spiro atoms. The summed E-state index contributed by atoms with van der Waals surface area (Å²) in [4.78, 5) is 37.5. The van der Waals surface area contributed by atoms with E-state index in [0.29, 0.717) is 24.8 Å². The van der Waals surface area contributed by atoms with Gasteiger partial charge in [0, 0.05) is 17.9 Å². The Hall–Kier alpha value is -2.70. The maximum absolute atomic E-state index is 13.4. The van der Waals surface area contributed by atoms with E-state index in [4.69, 9.17) is 0 Å². The molecule has 0 aromatic heterocycles. The third-order valence-corrected chi connectivity index (χ3v) is 4.70. The summed E-state index contributed by atoms with van der Waals surface area (Å²) in [5.41, 5.74) is -0.271. The van der Waals surface area contributed by atoms with Crippen LogP contribution in [-0.2, 0) is 14.4 Å². The Bertz CT molecular complexity index is 792. The van der Waals surface area contributed by atoms with Gasteiger partial charge in [0.1, 0.15) is 5.82 Å². The number of aliphatic hydroxyl groups is 1. The molecule has 2 rings (SSSR count). The minimum atomic E-state index is -1.13. The number of carbonyl (C=O) groups is 3. The second-order valence-electron chi connectivity index (χ2n) is 7.98. The lowest BCUT2D eigenvalue weighted by molar-refractivity contribution is -0.305. The third kappa shape index (κ3) is 4.77. The number of benzene rings is 1. The first kappa shape index (κ1) is 21.6. The lowest BCUT2D eigenvalue weighted by Crippen LogP contribution is -2.33. The van der Waals surface area contributed by atoms with E-state index >= 15 is 0 Å². The highest BCUT2D eigenvalue weighted by Crippen LogP contribution is 2.41. The van der Waals surface area contributed by atoms with E-state index < -0.39 is 34.9 Å². The summed E-state index contributed by atoms with van der Waals surface area (Å²) >= 11 is 0. The van der Waals surface area contributed by atoms with E-state index in [1.54, 1.807) is 20.8 Å². The standard InChI is InChI=1S/C21H26FNO5/c1-21(2,3)19(27)16-17(13-8-10-14(22)11-9-13)23(20(28)18(16)26)12-6-4-5-7-15(24)25/h8-11,17,26H,4-7,12H2,1-3H3,(H,24,25)/p-1/t17-/m1/s1. The Morgan fingerprint density at radius 3 is 2.29 bits per heavy atom. The summed E-state index contributed by atoms with van der Waals surface area (Å²) in [6.07, 6.45) is 1.41. The van der Waals surface area contributed by atoms with Crippen LogP contribution in [0.5, 0.6) is 0 Å². The highest BCUT2D eigenvalue weighted by Gasteiger charge is 2.45. The number of hydrogen-bond donors (Lipinski definition) is 1. The molecule has 0 fully saturated rings. The molecule has 28 heavy (non-hydrogen) atoms. The van der Waals surface area contributed by atoms with Crippen LogP contribution in [0.2, 0.25) is 0 Å². The van der Waals surface area contributed by atoms with Crippen LogP contribution in [0.25, 0.3) is 0 Å². The lowest BCUT2D eigenvalue weighted by Gasteiger charge is -2.29. The maximum atomic E-state index is 13.4. The fourth-order valence-electron chi connectivity index (χ4n) is 3.24. The fourth-order valence-corrected chi connectivity index (χ4v) is 3.24. The topological polar surface area (TPSA) is 97.7 Å². The van der Waals surface area contributed by atoms with Gasteiger partial charge in [-0.3, -0.25) is 9.59 Å². The molecule has 0 unspecified atom stereocenters. The van der Waals surface area contributed by atoms with Crippen LogP contribution in [0.15, 0.2) is 35.6 Å². The molecule has 152 valence electrons. The molecule has 1 aromatic carbocycles. The van der Waals surface area contributed by atoms with Gasteiger partial charge in [-0.1, -0.05) is 39.3 Å². The third-order valence-electron chi connectivity index (χ3n) is 4.70. The van der Waals surface area contributed by atoms with Crippen LogP contribution in [0.3, 0.4) is 0 Å². The number of amides is 1. The first-order chi connectivity index (χ1) is 13.0. The molecule has 7 heteroatoms. The van der Waals surface area contributed by atoms with E-state index in [1.807, 2.05) is 0 Å². The Balaban J connectivity index is 2.31. The zero-order valence-electron chi connectivity index (χ0n) is 16.3. The van der Waals surface area contributed by atoms with Crippen LogP contribution in [-0.4, -0.2) is 34.2 Å². The van der Waals surface area contributed by atoms with Gasteiger partial charge in [-0.25, -0.2) is 4.39 Å². The Morgan fingerprint density at radius 1 is 1.14 bits per heavy atom. The summed E-state index contributed by atoms with van der Waals surface area (Å²) in [5, 5.41) is 20.9. The maximum Gasteiger partial charge on any atom is 0.290 e. The van der Waals surface area contributed by atoms with Crippen molar-refractivity contribution in [3.05, 3.63) is 47.0 Å². The number of hydrogen-bond acceptors (Lipinski definition) is 5. The molecule has 1 atom stereocenters. The number of ketones is 1. The van der Waals surface area contributed by atoms with Gasteiger partial charge in [-0.2, -0.15) is 0 Å². The van der Waals surface area contributed by atoms with Gasteiger partial charge in [0.2, 0.25) is 0 Å². The van der Waals surface area contributed by atoms with Gasteiger partial charge >= 0.3 is 0 Å². The molecule has 0 radical (unpaired) electrons. The minimum absolute atomic E-state index is 0.0128. The summed E-state index contributed by atoms with van der Waals surface area (Å²) < 4.78 is 13.4. The number of halogens is 1. The largest absolute Gasteiger partial charge is 0.550 e. The van der Waals surface area contributed by atoms with Gasteiger partial charge in [0.25, 0.3) is 5.91 Å². The van der Waals surface area contributed by atoms with Gasteiger partial charge in [-0.05, 0) is 37.0 Å². The van der Waals surface area contributed by atoms with Crippen molar-refractivity contribution in [1.82, 2.24) is 4.90 Å². The highest BCUT2D eigenvalue weighted by molar-refractivity contribution is 6.10. The number of carboxylic acids is 1. The predicted octanol–water partition coefficient (Wildman–Crippen LogP) is 2.45. The zero-order chi connectivity index (χ0) is 21.1. The molecule has 0 saturated carbocycles. The van der Waals surface area contributed by atoms with E-state index in [0.717, 1.165) is 0 Å². The van der Waals surface area contributed by atoms with Gasteiger partial charge in [0.15, 0.2) is 11.5 Å². The van der Waals surface area contributed by atoms with E-state index in [-0.39, 0.29) is 24.3 Å². The Kier molecular flexibility index (Phi) is 6.59. The number of aliphatic hydroxyl groups excluding tert-OH is 1. The molecule has 0 saturated heterocycles. The average molecular weight is 390 g/mol. The number of carboxylic acid groups (broad SMARTS) is 1. The first-order valence-corrected chi connectivity index (χ1v) is 9.28. The Morgan fingerprint density at radius 2 is 1.75 bits per heavy atom. The molecule has 1 aliphatic heterocycles. The van der Waals surface area contributed by atoms with E-state index in [2.05, 4.69) is 0 Å². The van der Waals surface area contributed by atoms with Crippen molar-refractivity contribution < 1.29 is 29.0 Å². The average Bonchev–Trinajstić information content (AvgIpc) is 2.85. The van der Waals surface area contributed by atoms with Crippen molar-refractivity contribution in [2.75, 3.05) is 6.54 Å². The van der Waals surface area contributed by atoms with Crippen LogP contribution >= 0.6 is 0 Å². The molecule has 1 aliphatic rings. The second kappa shape index (κ2) is 8.54. The van der Waals surface area contributed by atoms with Crippen LogP contribution in [0.4, 0.5) is 4.39 Å². The van der Waals surface area contributed by atoms with Gasteiger partial charge in [0.05, 0.1) is 11.6 Å². The number of aliphatic carboxylic acids is 1. The Labute approximate surface area is 163 Å². The molecule has 0 aliphatic carbocycles. The molecular weight excluding hydrogens is 365 g/mol. The molecule has 6 nitrogen and oxygen atoms in total. The molecule has 1 aromatic rings. The summed E-state index contributed by atoms with van der Waals surface area (Å²) in [5.74, 6) is -3.16. The first-order valence-electron chi connectivity index (χ1n) is 9.28. The van der Waals surface area contributed by atoms with Crippen molar-refractivity contribution in [3.8, 4) is 0 Å². The van der Waals surface area contributed by atoms with Crippen molar-refractivity contribution in [2.45, 2.75) is 52.5 Å². The summed E-state index contributed by atoms with van der Waals surface area (Å²) in [6, 6.07) is 4.66.